The molecule has 2 rings (SSSR count). The van der Waals surface area contributed by atoms with Crippen molar-refractivity contribution < 1.29 is 8.78 Å². The van der Waals surface area contributed by atoms with Crippen molar-refractivity contribution >= 4 is 23.4 Å². The molecule has 20 heavy (non-hydrogen) atoms. The third-order valence-electron chi connectivity index (χ3n) is 2.71. The molecule has 0 aliphatic carbocycles. The highest BCUT2D eigenvalue weighted by Crippen LogP contribution is 2.32. The number of nitrogens with one attached hydrogen (secondary N) is 1. The molecule has 0 fully saturated rings. The molecule has 0 saturated heterocycles. The summed E-state index contributed by atoms with van der Waals surface area (Å²) in [5.74, 6) is -1.14. The van der Waals surface area contributed by atoms with Crippen molar-refractivity contribution in [2.24, 2.45) is 0 Å². The Morgan fingerprint density at radius 2 is 1.95 bits per heavy atom. The number of halogens is 3. The maximum Gasteiger partial charge on any atom is 0.140 e. The van der Waals surface area contributed by atoms with E-state index in [9.17, 15) is 8.78 Å². The first-order chi connectivity index (χ1) is 9.60. The fourth-order valence-corrected chi connectivity index (χ4v) is 2.85. The summed E-state index contributed by atoms with van der Waals surface area (Å²) < 4.78 is 26.4. The van der Waals surface area contributed by atoms with Gasteiger partial charge in [0.1, 0.15) is 11.6 Å². The molecule has 2 aromatic rings. The van der Waals surface area contributed by atoms with Crippen molar-refractivity contribution in [3.8, 4) is 0 Å². The molecule has 0 heterocycles. The first-order valence-corrected chi connectivity index (χ1v) is 7.41. The molecule has 5 heteroatoms. The summed E-state index contributed by atoms with van der Waals surface area (Å²) in [5, 5.41) is 3.83. The zero-order chi connectivity index (χ0) is 14.5. The topological polar surface area (TPSA) is 12.0 Å². The van der Waals surface area contributed by atoms with Gasteiger partial charge in [0.2, 0.25) is 0 Å². The van der Waals surface area contributed by atoms with E-state index in [1.54, 1.807) is 6.07 Å². The Bertz CT molecular complexity index is 604. The molecule has 0 unspecified atom stereocenters. The average Bonchev–Trinajstić information content (AvgIpc) is 2.41. The summed E-state index contributed by atoms with van der Waals surface area (Å²) >= 11 is 7.41. The van der Waals surface area contributed by atoms with Crippen LogP contribution in [0.4, 0.5) is 8.78 Å². The molecule has 0 amide bonds. The zero-order valence-corrected chi connectivity index (χ0v) is 12.5. The second-order valence-electron chi connectivity index (χ2n) is 4.21. The van der Waals surface area contributed by atoms with Crippen molar-refractivity contribution in [3.05, 3.63) is 58.6 Å². The summed E-state index contributed by atoms with van der Waals surface area (Å²) in [6.07, 6.45) is 0. The number of rotatable bonds is 5. The predicted octanol–water partition coefficient (Wildman–Crippen LogP) is 4.88. The van der Waals surface area contributed by atoms with E-state index < -0.39 is 11.6 Å². The van der Waals surface area contributed by atoms with Gasteiger partial charge in [-0.15, -0.1) is 0 Å². The maximum atomic E-state index is 13.6. The summed E-state index contributed by atoms with van der Waals surface area (Å²) in [5.41, 5.74) is 0.998. The molecule has 0 radical (unpaired) electrons. The van der Waals surface area contributed by atoms with Gasteiger partial charge in [-0.3, -0.25) is 0 Å². The number of hydrogen-bond donors (Lipinski definition) is 1. The molecular formula is C15H14ClF2NS. The first kappa shape index (κ1) is 15.3. The second-order valence-corrected chi connectivity index (χ2v) is 5.73. The molecule has 0 atom stereocenters. The highest BCUT2D eigenvalue weighted by atomic mass is 35.5. The summed E-state index contributed by atoms with van der Waals surface area (Å²) in [7, 11) is 0. The lowest BCUT2D eigenvalue weighted by Gasteiger charge is -2.08. The third kappa shape index (κ3) is 3.95. The Morgan fingerprint density at radius 3 is 2.60 bits per heavy atom. The van der Waals surface area contributed by atoms with Crippen LogP contribution in [0.1, 0.15) is 12.5 Å². The fraction of sp³-hybridized carbons (Fsp3) is 0.200. The minimum Gasteiger partial charge on any atom is -0.313 e. The van der Waals surface area contributed by atoms with Gasteiger partial charge in [0.05, 0.1) is 0 Å². The van der Waals surface area contributed by atoms with Gasteiger partial charge >= 0.3 is 0 Å². The van der Waals surface area contributed by atoms with Crippen LogP contribution in [0, 0.1) is 11.6 Å². The van der Waals surface area contributed by atoms with Crippen LogP contribution in [0.5, 0.6) is 0 Å². The Balaban J connectivity index is 2.15. The van der Waals surface area contributed by atoms with E-state index in [2.05, 4.69) is 5.32 Å². The van der Waals surface area contributed by atoms with Crippen LogP contribution in [0.15, 0.2) is 46.2 Å². The highest BCUT2D eigenvalue weighted by Gasteiger charge is 2.07. The third-order valence-corrected chi connectivity index (χ3v) is 4.10. The van der Waals surface area contributed by atoms with Crippen LogP contribution >= 0.6 is 23.4 Å². The second kappa shape index (κ2) is 7.07. The molecular weight excluding hydrogens is 300 g/mol. The van der Waals surface area contributed by atoms with Gasteiger partial charge < -0.3 is 5.32 Å². The normalized spacial score (nSPS) is 10.8. The van der Waals surface area contributed by atoms with Crippen molar-refractivity contribution in [3.63, 3.8) is 0 Å². The van der Waals surface area contributed by atoms with Crippen LogP contribution in [0.25, 0.3) is 0 Å². The van der Waals surface area contributed by atoms with Gasteiger partial charge in [-0.05, 0) is 36.4 Å². The Morgan fingerprint density at radius 1 is 1.15 bits per heavy atom. The van der Waals surface area contributed by atoms with Crippen molar-refractivity contribution in [1.82, 2.24) is 5.32 Å². The molecule has 1 N–H and O–H groups in total. The van der Waals surface area contributed by atoms with Gasteiger partial charge in [-0.25, -0.2) is 8.78 Å². The van der Waals surface area contributed by atoms with Gasteiger partial charge in [-0.1, -0.05) is 36.4 Å². The predicted molar refractivity (Wildman–Crippen MR) is 79.3 cm³/mol. The number of hydrogen-bond acceptors (Lipinski definition) is 2. The highest BCUT2D eigenvalue weighted by molar-refractivity contribution is 7.99. The van der Waals surface area contributed by atoms with Crippen molar-refractivity contribution in [2.45, 2.75) is 23.3 Å². The number of benzene rings is 2. The summed E-state index contributed by atoms with van der Waals surface area (Å²) in [6.45, 7) is 3.59. The standard InChI is InChI=1S/C15H14ClF2NS/c1-2-19-9-10-3-5-12(8-13(10)16)20-15-6-4-11(17)7-14(15)18/h3-8,19H,2,9H2,1H3. The van der Waals surface area contributed by atoms with Crippen LogP contribution in [-0.4, -0.2) is 6.54 Å². The lowest BCUT2D eigenvalue weighted by molar-refractivity contribution is 0.565. The molecule has 1 nitrogen and oxygen atoms in total. The van der Waals surface area contributed by atoms with E-state index in [0.29, 0.717) is 16.5 Å². The van der Waals surface area contributed by atoms with E-state index in [4.69, 9.17) is 11.6 Å². The van der Waals surface area contributed by atoms with Gasteiger partial charge in [0.25, 0.3) is 0 Å². The summed E-state index contributed by atoms with van der Waals surface area (Å²) in [6, 6.07) is 9.13. The minimum absolute atomic E-state index is 0.377. The molecule has 0 aromatic heterocycles. The van der Waals surface area contributed by atoms with E-state index >= 15 is 0 Å². The van der Waals surface area contributed by atoms with Gasteiger partial charge in [-0.2, -0.15) is 0 Å². The van der Waals surface area contributed by atoms with E-state index in [1.807, 2.05) is 19.1 Å². The Labute approximate surface area is 126 Å². The monoisotopic (exact) mass is 313 g/mol. The smallest absolute Gasteiger partial charge is 0.140 e. The lowest BCUT2D eigenvalue weighted by atomic mass is 10.2. The Kier molecular flexibility index (Phi) is 5.40. The molecule has 2 aromatic carbocycles. The first-order valence-electron chi connectivity index (χ1n) is 6.22. The minimum atomic E-state index is -0.578. The molecule has 0 saturated carbocycles. The van der Waals surface area contributed by atoms with E-state index in [0.717, 1.165) is 23.1 Å². The summed E-state index contributed by atoms with van der Waals surface area (Å²) in [4.78, 5) is 1.20. The molecule has 0 aliphatic rings. The van der Waals surface area contributed by atoms with Crippen LogP contribution in [0.3, 0.4) is 0 Å². The molecule has 0 bridgehead atoms. The largest absolute Gasteiger partial charge is 0.313 e. The van der Waals surface area contributed by atoms with Crippen LogP contribution < -0.4 is 5.32 Å². The van der Waals surface area contributed by atoms with E-state index in [-0.39, 0.29) is 0 Å². The quantitative estimate of drug-likeness (QED) is 0.844. The SMILES string of the molecule is CCNCc1ccc(Sc2ccc(F)cc2F)cc1Cl. The Hall–Kier alpha value is -1.10. The lowest BCUT2D eigenvalue weighted by Crippen LogP contribution is -2.11. The fourth-order valence-electron chi connectivity index (χ4n) is 1.68. The van der Waals surface area contributed by atoms with Gasteiger partial charge in [0.15, 0.2) is 0 Å². The van der Waals surface area contributed by atoms with Gasteiger partial charge in [0, 0.05) is 27.4 Å². The molecule has 0 aliphatic heterocycles. The maximum absolute atomic E-state index is 13.6. The average molecular weight is 314 g/mol. The van der Waals surface area contributed by atoms with E-state index in [1.165, 1.54) is 23.9 Å². The van der Waals surface area contributed by atoms with Crippen LogP contribution in [0.2, 0.25) is 5.02 Å². The molecule has 106 valence electrons. The zero-order valence-electron chi connectivity index (χ0n) is 10.9. The van der Waals surface area contributed by atoms with Crippen LogP contribution in [-0.2, 0) is 6.54 Å². The van der Waals surface area contributed by atoms with Crippen molar-refractivity contribution in [2.75, 3.05) is 6.54 Å². The van der Waals surface area contributed by atoms with Crippen molar-refractivity contribution in [1.29, 1.82) is 0 Å². The molecule has 0 spiro atoms.